The second kappa shape index (κ2) is 8.41. The molecule has 2 aliphatic rings. The van der Waals surface area contributed by atoms with Crippen molar-refractivity contribution in [3.63, 3.8) is 0 Å². The molecule has 0 bridgehead atoms. The van der Waals surface area contributed by atoms with Gasteiger partial charge in [-0.2, -0.15) is 0 Å². The Balaban J connectivity index is 1.79. The first kappa shape index (κ1) is 19.7. The number of dihydropyridines is 1. The topological polar surface area (TPSA) is 63.6 Å². The molecular weight excluding hydrogens is 375 g/mol. The van der Waals surface area contributed by atoms with Crippen LogP contribution in [0.25, 0.3) is 11.3 Å². The SMILES string of the molecule is CN=CC(C1=CC=C2N=CC=C(c3ccccn3)C2[C@@H]1C)=C(N)c1ccc(F)cc1. The standard InChI is InChI=1S/C25H23FN4/c1-16-19(21(15-28-2)25(27)17-6-8-18(26)9-7-17)10-11-23-24(16)20(12-14-30-23)22-5-3-4-13-29-22/h3-16,24H,27H2,1-2H3/t16-,24?/m1/s1. The number of allylic oxidation sites excluding steroid dienone is 6. The number of hydrogen-bond acceptors (Lipinski definition) is 4. The maximum atomic E-state index is 13.4. The lowest BCUT2D eigenvalue weighted by Crippen LogP contribution is -2.24. The van der Waals surface area contributed by atoms with Crippen molar-refractivity contribution in [3.05, 3.63) is 101 Å². The van der Waals surface area contributed by atoms with E-state index in [0.717, 1.165) is 33.7 Å². The fraction of sp³-hybridized carbons (Fsp3) is 0.160. The van der Waals surface area contributed by atoms with E-state index in [4.69, 9.17) is 5.73 Å². The maximum absolute atomic E-state index is 13.4. The summed E-state index contributed by atoms with van der Waals surface area (Å²) in [5, 5.41) is 0. The van der Waals surface area contributed by atoms with Crippen molar-refractivity contribution in [2.24, 2.45) is 27.6 Å². The van der Waals surface area contributed by atoms with Crippen LogP contribution in [0.1, 0.15) is 18.2 Å². The van der Waals surface area contributed by atoms with Crippen molar-refractivity contribution in [2.45, 2.75) is 6.92 Å². The zero-order chi connectivity index (χ0) is 21.1. The number of pyridine rings is 1. The van der Waals surface area contributed by atoms with Crippen LogP contribution in [0.4, 0.5) is 4.39 Å². The Kier molecular flexibility index (Phi) is 5.53. The van der Waals surface area contributed by atoms with E-state index < -0.39 is 0 Å². The van der Waals surface area contributed by atoms with Gasteiger partial charge >= 0.3 is 0 Å². The Hall–Kier alpha value is -3.60. The Morgan fingerprint density at radius 2 is 1.90 bits per heavy atom. The fourth-order valence-electron chi connectivity index (χ4n) is 4.05. The van der Waals surface area contributed by atoms with Crippen LogP contribution >= 0.6 is 0 Å². The largest absolute Gasteiger partial charge is 0.398 e. The smallest absolute Gasteiger partial charge is 0.123 e. The number of aromatic nitrogens is 1. The quantitative estimate of drug-likeness (QED) is 0.750. The molecule has 5 heteroatoms. The molecule has 0 fully saturated rings. The minimum absolute atomic E-state index is 0.0613. The molecule has 150 valence electrons. The van der Waals surface area contributed by atoms with Gasteiger partial charge in [0.1, 0.15) is 5.82 Å². The molecule has 2 atom stereocenters. The maximum Gasteiger partial charge on any atom is 0.123 e. The molecule has 2 aromatic rings. The lowest BCUT2D eigenvalue weighted by Gasteiger charge is -2.33. The van der Waals surface area contributed by atoms with Crippen LogP contribution in [0.2, 0.25) is 0 Å². The van der Waals surface area contributed by atoms with Gasteiger partial charge in [0, 0.05) is 48.6 Å². The second-order valence-corrected chi connectivity index (χ2v) is 7.32. The van der Waals surface area contributed by atoms with Crippen LogP contribution in [-0.4, -0.2) is 24.5 Å². The van der Waals surface area contributed by atoms with E-state index in [1.165, 1.54) is 12.1 Å². The van der Waals surface area contributed by atoms with Crippen LogP contribution < -0.4 is 5.73 Å². The molecule has 2 N–H and O–H groups in total. The van der Waals surface area contributed by atoms with Crippen molar-refractivity contribution in [1.29, 1.82) is 0 Å². The summed E-state index contributed by atoms with van der Waals surface area (Å²) >= 11 is 0. The molecular formula is C25H23FN4. The van der Waals surface area contributed by atoms with Crippen LogP contribution in [0.15, 0.2) is 93.7 Å². The highest BCUT2D eigenvalue weighted by molar-refractivity contribution is 5.96. The van der Waals surface area contributed by atoms with E-state index in [9.17, 15) is 4.39 Å². The highest BCUT2D eigenvalue weighted by Gasteiger charge is 2.34. The zero-order valence-electron chi connectivity index (χ0n) is 17.0. The van der Waals surface area contributed by atoms with Gasteiger partial charge in [-0.25, -0.2) is 4.39 Å². The van der Waals surface area contributed by atoms with Crippen LogP contribution in [0.3, 0.4) is 0 Å². The highest BCUT2D eigenvalue weighted by atomic mass is 19.1. The average Bonchev–Trinajstić information content (AvgIpc) is 2.78. The first-order chi connectivity index (χ1) is 14.6. The zero-order valence-corrected chi connectivity index (χ0v) is 17.0. The molecule has 4 nitrogen and oxygen atoms in total. The number of aliphatic imine (C=N–C) groups is 2. The van der Waals surface area contributed by atoms with Crippen molar-refractivity contribution < 1.29 is 4.39 Å². The number of nitrogens with zero attached hydrogens (tertiary/aromatic N) is 3. The summed E-state index contributed by atoms with van der Waals surface area (Å²) < 4.78 is 13.4. The molecule has 1 aliphatic heterocycles. The molecule has 4 rings (SSSR count). The normalized spacial score (nSPS) is 21.5. The van der Waals surface area contributed by atoms with Gasteiger partial charge in [0.25, 0.3) is 0 Å². The molecule has 1 aromatic carbocycles. The molecule has 1 aliphatic carbocycles. The first-order valence-corrected chi connectivity index (χ1v) is 9.85. The summed E-state index contributed by atoms with van der Waals surface area (Å²) in [7, 11) is 1.72. The Morgan fingerprint density at radius 1 is 1.10 bits per heavy atom. The number of fused-ring (bicyclic) bond motifs is 1. The van der Waals surface area contributed by atoms with Gasteiger partial charge in [0.05, 0.1) is 5.69 Å². The van der Waals surface area contributed by atoms with Crippen molar-refractivity contribution in [3.8, 4) is 0 Å². The number of nitrogens with two attached hydrogens (primary N) is 1. The lowest BCUT2D eigenvalue weighted by molar-refractivity contribution is 0.558. The molecule has 0 radical (unpaired) electrons. The summed E-state index contributed by atoms with van der Waals surface area (Å²) in [6.07, 6.45) is 11.5. The van der Waals surface area contributed by atoms with Crippen LogP contribution in [-0.2, 0) is 0 Å². The summed E-state index contributed by atoms with van der Waals surface area (Å²) in [5.41, 5.74) is 12.8. The van der Waals surface area contributed by atoms with E-state index in [-0.39, 0.29) is 17.7 Å². The minimum Gasteiger partial charge on any atom is -0.398 e. The number of hydrogen-bond donors (Lipinski definition) is 1. The second-order valence-electron chi connectivity index (χ2n) is 7.32. The third-order valence-electron chi connectivity index (χ3n) is 5.53. The number of rotatable bonds is 4. The molecule has 1 aromatic heterocycles. The van der Waals surface area contributed by atoms with E-state index in [1.54, 1.807) is 31.6 Å². The lowest BCUT2D eigenvalue weighted by atomic mass is 9.72. The summed E-state index contributed by atoms with van der Waals surface area (Å²) in [6, 6.07) is 12.1. The molecule has 0 amide bonds. The third-order valence-corrected chi connectivity index (χ3v) is 5.53. The van der Waals surface area contributed by atoms with Gasteiger partial charge < -0.3 is 5.73 Å². The molecule has 0 saturated carbocycles. The fourth-order valence-corrected chi connectivity index (χ4v) is 4.05. The third kappa shape index (κ3) is 3.66. The molecule has 2 heterocycles. The summed E-state index contributed by atoms with van der Waals surface area (Å²) in [6.45, 7) is 2.17. The van der Waals surface area contributed by atoms with E-state index in [1.807, 2.05) is 36.6 Å². The van der Waals surface area contributed by atoms with Gasteiger partial charge in [-0.15, -0.1) is 0 Å². The van der Waals surface area contributed by atoms with Crippen molar-refractivity contribution in [2.75, 3.05) is 7.05 Å². The molecule has 1 unspecified atom stereocenters. The first-order valence-electron chi connectivity index (χ1n) is 9.85. The predicted octanol–water partition coefficient (Wildman–Crippen LogP) is 4.84. The van der Waals surface area contributed by atoms with E-state index in [0.29, 0.717) is 5.70 Å². The number of benzene rings is 1. The van der Waals surface area contributed by atoms with E-state index >= 15 is 0 Å². The Bertz CT molecular complexity index is 1120. The highest BCUT2D eigenvalue weighted by Crippen LogP contribution is 2.44. The van der Waals surface area contributed by atoms with Crippen LogP contribution in [0, 0.1) is 17.7 Å². The Morgan fingerprint density at radius 3 is 2.60 bits per heavy atom. The average molecular weight is 398 g/mol. The van der Waals surface area contributed by atoms with Gasteiger partial charge in [-0.3, -0.25) is 15.0 Å². The van der Waals surface area contributed by atoms with Gasteiger partial charge in [0.15, 0.2) is 0 Å². The molecule has 0 saturated heterocycles. The molecule has 30 heavy (non-hydrogen) atoms. The minimum atomic E-state index is -0.291. The molecule has 0 spiro atoms. The summed E-state index contributed by atoms with van der Waals surface area (Å²) in [4.78, 5) is 13.4. The monoisotopic (exact) mass is 398 g/mol. The van der Waals surface area contributed by atoms with Gasteiger partial charge in [-0.05, 0) is 71.2 Å². The Labute approximate surface area is 175 Å². The van der Waals surface area contributed by atoms with Gasteiger partial charge in [0.2, 0.25) is 0 Å². The predicted molar refractivity (Wildman–Crippen MR) is 121 cm³/mol. The van der Waals surface area contributed by atoms with Crippen molar-refractivity contribution >= 4 is 23.7 Å². The summed E-state index contributed by atoms with van der Waals surface area (Å²) in [5.74, 6) is -0.130. The van der Waals surface area contributed by atoms with E-state index in [2.05, 4.69) is 28.0 Å². The van der Waals surface area contributed by atoms with Crippen LogP contribution in [0.5, 0.6) is 0 Å². The van der Waals surface area contributed by atoms with Crippen molar-refractivity contribution in [1.82, 2.24) is 4.98 Å². The number of halogens is 1. The van der Waals surface area contributed by atoms with Gasteiger partial charge in [-0.1, -0.05) is 19.1 Å².